The number of nitrogens with one attached hydrogen (secondary N) is 5. The van der Waals surface area contributed by atoms with Crippen LogP contribution in [0.5, 0.6) is 5.75 Å². The predicted molar refractivity (Wildman–Crippen MR) is 232 cm³/mol. The predicted octanol–water partition coefficient (Wildman–Crippen LogP) is 7.20. The Balaban J connectivity index is 1.17. The summed E-state index contributed by atoms with van der Waals surface area (Å²) in [6, 6.07) is 10.6. The van der Waals surface area contributed by atoms with E-state index >= 15 is 0 Å². The first kappa shape index (κ1) is 47.6. The fourth-order valence-corrected chi connectivity index (χ4v) is 7.81. The highest BCUT2D eigenvalue weighted by Gasteiger charge is 2.43. The maximum absolute atomic E-state index is 14.2. The second-order valence-electron chi connectivity index (χ2n) is 16.6. The Kier molecular flexibility index (Phi) is 15.4. The highest BCUT2D eigenvalue weighted by Crippen LogP contribution is 2.41. The molecule has 0 bridgehead atoms. The van der Waals surface area contributed by atoms with Gasteiger partial charge in [-0.05, 0) is 54.5 Å². The van der Waals surface area contributed by atoms with E-state index in [0.717, 1.165) is 6.07 Å². The second-order valence-corrected chi connectivity index (χ2v) is 17.0. The number of aromatic nitrogens is 3. The molecule has 0 saturated carbocycles. The van der Waals surface area contributed by atoms with Gasteiger partial charge in [-0.2, -0.15) is 0 Å². The first-order chi connectivity index (χ1) is 30.4. The number of alkyl carbamates (subject to hydrolysis) is 1. The van der Waals surface area contributed by atoms with Crippen LogP contribution < -0.4 is 26.0 Å². The SMILES string of the molecule is COC[C@H]1C[C@@H](c2ncc(-c3ccc(-c4cc(Cl)c(NC(=O)c5ccc(NCCNC(=O)C(C)(C)C)nc5)cc4OC(F)(F)F)cc3)[nH]2)N(C(=O)[C@@H](NC(=O)OC)C2CCOCC2)C1. The van der Waals surface area contributed by atoms with Crippen LogP contribution >= 0.6 is 11.6 Å². The molecule has 344 valence electrons. The second kappa shape index (κ2) is 20.7. The maximum atomic E-state index is 14.2. The lowest BCUT2D eigenvalue weighted by Gasteiger charge is -2.34. The van der Waals surface area contributed by atoms with Crippen molar-refractivity contribution in [2.24, 2.45) is 17.3 Å². The number of ether oxygens (including phenoxy) is 4. The molecule has 2 saturated heterocycles. The Morgan fingerprint density at radius 3 is 2.33 bits per heavy atom. The van der Waals surface area contributed by atoms with E-state index in [1.807, 2.05) is 0 Å². The van der Waals surface area contributed by atoms with Gasteiger partial charge in [0.15, 0.2) is 0 Å². The molecule has 0 unspecified atom stereocenters. The maximum Gasteiger partial charge on any atom is 0.573 e. The molecule has 2 aromatic heterocycles. The molecule has 16 nitrogen and oxygen atoms in total. The molecule has 4 heterocycles. The molecule has 2 fully saturated rings. The molecule has 64 heavy (non-hydrogen) atoms. The van der Waals surface area contributed by atoms with Crippen LogP contribution in [0.1, 0.15) is 62.3 Å². The third-order valence-electron chi connectivity index (χ3n) is 10.9. The summed E-state index contributed by atoms with van der Waals surface area (Å²) in [5.74, 6) is -0.840. The molecule has 5 N–H and O–H groups in total. The zero-order chi connectivity index (χ0) is 46.2. The number of hydrogen-bond donors (Lipinski definition) is 5. The Labute approximate surface area is 373 Å². The summed E-state index contributed by atoms with van der Waals surface area (Å²) in [4.78, 5) is 65.8. The molecule has 0 radical (unpaired) electrons. The zero-order valence-electron chi connectivity index (χ0n) is 36.1. The van der Waals surface area contributed by atoms with Crippen molar-refractivity contribution in [2.45, 2.75) is 58.5 Å². The van der Waals surface area contributed by atoms with E-state index in [2.05, 4.69) is 41.0 Å². The summed E-state index contributed by atoms with van der Waals surface area (Å²) in [7, 11) is 2.84. The van der Waals surface area contributed by atoms with Gasteiger partial charge in [0.25, 0.3) is 5.91 Å². The average Bonchev–Trinajstić information content (AvgIpc) is 3.93. The molecule has 2 aromatic carbocycles. The Morgan fingerprint density at radius 1 is 0.969 bits per heavy atom. The molecule has 2 aliphatic heterocycles. The van der Waals surface area contributed by atoms with Gasteiger partial charge in [-0.3, -0.25) is 14.4 Å². The first-order valence-corrected chi connectivity index (χ1v) is 21.1. The van der Waals surface area contributed by atoms with Crippen molar-refractivity contribution in [2.75, 3.05) is 64.3 Å². The summed E-state index contributed by atoms with van der Waals surface area (Å²) < 4.78 is 61.5. The number of likely N-dealkylation sites (tertiary alicyclic amines) is 1. The molecule has 0 spiro atoms. The molecular formula is C44H52ClF3N8O8. The minimum Gasteiger partial charge on any atom is -0.453 e. The highest BCUT2D eigenvalue weighted by molar-refractivity contribution is 6.34. The summed E-state index contributed by atoms with van der Waals surface area (Å²) in [5, 5.41) is 11.1. The lowest BCUT2D eigenvalue weighted by Crippen LogP contribution is -2.53. The average molecular weight is 913 g/mol. The Hall–Kier alpha value is -5.92. The number of H-pyrrole nitrogens is 1. The number of halogens is 4. The number of benzene rings is 2. The largest absolute Gasteiger partial charge is 0.573 e. The van der Waals surface area contributed by atoms with Crippen LogP contribution in [0.15, 0.2) is 60.9 Å². The number of carbonyl (C=O) groups is 4. The van der Waals surface area contributed by atoms with Crippen LogP contribution in [0.3, 0.4) is 0 Å². The third kappa shape index (κ3) is 12.2. The molecule has 3 atom stereocenters. The number of hydrogen-bond acceptors (Lipinski definition) is 11. The molecule has 6 rings (SSSR count). The summed E-state index contributed by atoms with van der Waals surface area (Å²) in [5.41, 5.74) is 1.04. The number of methoxy groups -OCH3 is 2. The minimum atomic E-state index is -5.07. The van der Waals surface area contributed by atoms with Crippen LogP contribution in [0.4, 0.5) is 29.5 Å². The molecule has 20 heteroatoms. The normalized spacial score (nSPS) is 17.4. The van der Waals surface area contributed by atoms with Crippen molar-refractivity contribution < 1.29 is 51.3 Å². The molecule has 2 aliphatic rings. The quantitative estimate of drug-likeness (QED) is 0.0756. The number of imidazole rings is 1. The van der Waals surface area contributed by atoms with E-state index in [1.165, 1.54) is 25.4 Å². The minimum absolute atomic E-state index is 0.00192. The van der Waals surface area contributed by atoms with Crippen LogP contribution in [0, 0.1) is 17.3 Å². The topological polar surface area (TPSA) is 198 Å². The van der Waals surface area contributed by atoms with Crippen molar-refractivity contribution in [3.8, 4) is 28.1 Å². The zero-order valence-corrected chi connectivity index (χ0v) is 36.8. The van der Waals surface area contributed by atoms with Crippen molar-refractivity contribution in [1.82, 2.24) is 30.5 Å². The monoisotopic (exact) mass is 912 g/mol. The molecule has 0 aliphatic carbocycles. The van der Waals surface area contributed by atoms with Gasteiger partial charge in [0.1, 0.15) is 23.4 Å². The summed E-state index contributed by atoms with van der Waals surface area (Å²) >= 11 is 6.56. The van der Waals surface area contributed by atoms with Gasteiger partial charge in [0.05, 0.1) is 47.9 Å². The van der Waals surface area contributed by atoms with Crippen molar-refractivity contribution >= 4 is 46.9 Å². The Bertz CT molecular complexity index is 2260. The van der Waals surface area contributed by atoms with E-state index in [0.29, 0.717) is 87.2 Å². The lowest BCUT2D eigenvalue weighted by atomic mass is 9.90. The van der Waals surface area contributed by atoms with E-state index in [-0.39, 0.29) is 45.5 Å². The van der Waals surface area contributed by atoms with Crippen molar-refractivity contribution in [3.05, 3.63) is 77.3 Å². The molecule has 4 amide bonds. The number of anilines is 2. The Morgan fingerprint density at radius 2 is 1.69 bits per heavy atom. The van der Waals surface area contributed by atoms with E-state index in [1.54, 1.807) is 69.3 Å². The van der Waals surface area contributed by atoms with Gasteiger partial charge >= 0.3 is 12.5 Å². The fourth-order valence-electron chi connectivity index (χ4n) is 7.60. The molecular weight excluding hydrogens is 861 g/mol. The fraction of sp³-hybridized carbons (Fsp3) is 0.455. The van der Waals surface area contributed by atoms with Gasteiger partial charge in [-0.1, -0.05) is 56.6 Å². The standard InChI is InChI=1S/C44H52ClF3N8O8/c1-43(2,3)41(59)50-15-14-49-36-11-10-29(21-51-36)39(57)54-32-20-35(64-44(46,47)48)30(19-31(32)45)26-6-8-27(9-7-26)33-22-52-38(53-33)34-18-25(24-61-4)23-56(34)40(58)37(55-42(60)62-5)28-12-16-63-17-13-28/h6-11,19-22,25,28,34,37H,12-18,23-24H2,1-5H3,(H,49,51)(H,50,59)(H,52,53)(H,54,57)(H,55,60)/t25-,34-,37-/m0/s1. The number of aromatic amines is 1. The summed E-state index contributed by atoms with van der Waals surface area (Å²) in [6.07, 6.45) is -1.15. The van der Waals surface area contributed by atoms with Crippen molar-refractivity contribution in [1.29, 1.82) is 0 Å². The number of alkyl halides is 3. The van der Waals surface area contributed by atoms with Gasteiger partial charge in [-0.25, -0.2) is 14.8 Å². The highest BCUT2D eigenvalue weighted by atomic mass is 35.5. The van der Waals surface area contributed by atoms with Gasteiger partial charge in [0, 0.05) is 69.1 Å². The van der Waals surface area contributed by atoms with E-state index < -0.39 is 41.6 Å². The number of rotatable bonds is 15. The van der Waals surface area contributed by atoms with Crippen LogP contribution in [-0.2, 0) is 23.8 Å². The van der Waals surface area contributed by atoms with Gasteiger partial charge < -0.3 is 50.1 Å². The first-order valence-electron chi connectivity index (χ1n) is 20.7. The van der Waals surface area contributed by atoms with Gasteiger partial charge in [-0.15, -0.1) is 13.2 Å². The number of amides is 4. The summed E-state index contributed by atoms with van der Waals surface area (Å²) in [6.45, 7) is 7.88. The van der Waals surface area contributed by atoms with E-state index in [9.17, 15) is 32.3 Å². The number of pyridine rings is 1. The number of nitrogens with zero attached hydrogens (tertiary/aromatic N) is 3. The van der Waals surface area contributed by atoms with Crippen LogP contribution in [-0.4, -0.2) is 110 Å². The van der Waals surface area contributed by atoms with Crippen LogP contribution in [0.25, 0.3) is 22.4 Å². The molecule has 4 aromatic rings. The van der Waals surface area contributed by atoms with Crippen LogP contribution in [0.2, 0.25) is 5.02 Å². The number of carbonyl (C=O) groups excluding carboxylic acids is 4. The lowest BCUT2D eigenvalue weighted by molar-refractivity contribution is -0.274. The van der Waals surface area contributed by atoms with Gasteiger partial charge in [0.2, 0.25) is 11.8 Å². The smallest absolute Gasteiger partial charge is 0.453 e. The van der Waals surface area contributed by atoms with Crippen molar-refractivity contribution in [3.63, 3.8) is 0 Å². The van der Waals surface area contributed by atoms with E-state index in [4.69, 9.17) is 25.8 Å². The third-order valence-corrected chi connectivity index (χ3v) is 11.2.